The van der Waals surface area contributed by atoms with E-state index in [0.29, 0.717) is 0 Å². The van der Waals surface area contributed by atoms with E-state index in [9.17, 15) is 0 Å². The Morgan fingerprint density at radius 2 is 1.94 bits per heavy atom. The maximum absolute atomic E-state index is 5.66. The SMILES string of the molecule is CC(C)C(CCN)CCCN(C)CC1CC1. The van der Waals surface area contributed by atoms with Crippen molar-refractivity contribution in [2.24, 2.45) is 23.5 Å². The zero-order valence-electron chi connectivity index (χ0n) is 11.4. The summed E-state index contributed by atoms with van der Waals surface area (Å²) in [7, 11) is 2.27. The van der Waals surface area contributed by atoms with Gasteiger partial charge in [-0.2, -0.15) is 0 Å². The summed E-state index contributed by atoms with van der Waals surface area (Å²) in [5.41, 5.74) is 5.66. The predicted octanol–water partition coefficient (Wildman–Crippen LogP) is 2.73. The lowest BCUT2D eigenvalue weighted by molar-refractivity contribution is 0.276. The van der Waals surface area contributed by atoms with Crippen LogP contribution in [0.4, 0.5) is 0 Å². The van der Waals surface area contributed by atoms with E-state index in [2.05, 4.69) is 25.8 Å². The van der Waals surface area contributed by atoms with Gasteiger partial charge in [0.1, 0.15) is 0 Å². The van der Waals surface area contributed by atoms with Crippen LogP contribution in [0.5, 0.6) is 0 Å². The van der Waals surface area contributed by atoms with Crippen molar-refractivity contribution in [2.75, 3.05) is 26.7 Å². The molecule has 1 atom stereocenters. The molecule has 0 aliphatic heterocycles. The lowest BCUT2D eigenvalue weighted by Crippen LogP contribution is -2.23. The fourth-order valence-corrected chi connectivity index (χ4v) is 2.48. The van der Waals surface area contributed by atoms with Gasteiger partial charge in [0.2, 0.25) is 0 Å². The van der Waals surface area contributed by atoms with Gasteiger partial charge in [-0.15, -0.1) is 0 Å². The topological polar surface area (TPSA) is 29.3 Å². The molecule has 0 saturated heterocycles. The molecular formula is C14H30N2. The smallest absolute Gasteiger partial charge is 0.000661 e. The van der Waals surface area contributed by atoms with E-state index < -0.39 is 0 Å². The molecule has 0 aromatic rings. The molecule has 0 aromatic heterocycles. The Bertz CT molecular complexity index is 176. The molecule has 1 aliphatic carbocycles. The standard InChI is InChI=1S/C14H30N2/c1-12(2)14(8-9-15)5-4-10-16(3)11-13-6-7-13/h12-14H,4-11,15H2,1-3H3. The summed E-state index contributed by atoms with van der Waals surface area (Å²) < 4.78 is 0. The third kappa shape index (κ3) is 5.86. The number of rotatable bonds is 9. The summed E-state index contributed by atoms with van der Waals surface area (Å²) in [5, 5.41) is 0. The fraction of sp³-hybridized carbons (Fsp3) is 1.00. The van der Waals surface area contributed by atoms with Gasteiger partial charge in [0.25, 0.3) is 0 Å². The van der Waals surface area contributed by atoms with Crippen molar-refractivity contribution < 1.29 is 0 Å². The molecule has 0 spiro atoms. The first kappa shape index (κ1) is 14.0. The highest BCUT2D eigenvalue weighted by molar-refractivity contribution is 4.76. The third-order valence-corrected chi connectivity index (χ3v) is 3.86. The molecule has 0 heterocycles. The summed E-state index contributed by atoms with van der Waals surface area (Å²) in [6.07, 6.45) is 6.82. The van der Waals surface area contributed by atoms with Crippen LogP contribution in [0.1, 0.15) is 46.0 Å². The van der Waals surface area contributed by atoms with Gasteiger partial charge in [-0.05, 0) is 70.0 Å². The van der Waals surface area contributed by atoms with E-state index in [1.165, 1.54) is 45.2 Å². The minimum absolute atomic E-state index is 0.789. The summed E-state index contributed by atoms with van der Waals surface area (Å²) in [4.78, 5) is 2.51. The maximum atomic E-state index is 5.66. The first-order chi connectivity index (χ1) is 7.63. The minimum Gasteiger partial charge on any atom is -0.330 e. The van der Waals surface area contributed by atoms with Crippen molar-refractivity contribution >= 4 is 0 Å². The molecule has 2 N–H and O–H groups in total. The Morgan fingerprint density at radius 1 is 1.25 bits per heavy atom. The summed E-state index contributed by atoms with van der Waals surface area (Å²) in [6.45, 7) is 8.09. The molecule has 0 amide bonds. The summed E-state index contributed by atoms with van der Waals surface area (Å²) >= 11 is 0. The molecule has 0 aromatic carbocycles. The van der Waals surface area contributed by atoms with Gasteiger partial charge in [-0.3, -0.25) is 0 Å². The van der Waals surface area contributed by atoms with Crippen LogP contribution in [0.25, 0.3) is 0 Å². The Balaban J connectivity index is 2.06. The van der Waals surface area contributed by atoms with Gasteiger partial charge in [0.05, 0.1) is 0 Å². The predicted molar refractivity (Wildman–Crippen MR) is 71.5 cm³/mol. The zero-order valence-corrected chi connectivity index (χ0v) is 11.4. The van der Waals surface area contributed by atoms with E-state index >= 15 is 0 Å². The van der Waals surface area contributed by atoms with Crippen LogP contribution in [-0.4, -0.2) is 31.6 Å². The Kier molecular flexibility index (Phi) is 6.37. The van der Waals surface area contributed by atoms with Crippen LogP contribution in [-0.2, 0) is 0 Å². The van der Waals surface area contributed by atoms with E-state index in [-0.39, 0.29) is 0 Å². The normalized spacial score (nSPS) is 18.4. The summed E-state index contributed by atoms with van der Waals surface area (Å²) in [6, 6.07) is 0. The highest BCUT2D eigenvalue weighted by atomic mass is 15.1. The van der Waals surface area contributed by atoms with Crippen molar-refractivity contribution in [3.05, 3.63) is 0 Å². The molecule has 1 saturated carbocycles. The van der Waals surface area contributed by atoms with Gasteiger partial charge >= 0.3 is 0 Å². The van der Waals surface area contributed by atoms with Crippen LogP contribution in [0, 0.1) is 17.8 Å². The fourth-order valence-electron chi connectivity index (χ4n) is 2.48. The molecule has 96 valence electrons. The van der Waals surface area contributed by atoms with E-state index in [1.54, 1.807) is 0 Å². The molecule has 1 unspecified atom stereocenters. The lowest BCUT2D eigenvalue weighted by Gasteiger charge is -2.22. The third-order valence-electron chi connectivity index (χ3n) is 3.86. The molecule has 0 radical (unpaired) electrons. The lowest BCUT2D eigenvalue weighted by atomic mass is 9.88. The van der Waals surface area contributed by atoms with Crippen molar-refractivity contribution in [2.45, 2.75) is 46.0 Å². The Labute approximate surface area is 102 Å². The highest BCUT2D eigenvalue weighted by Gasteiger charge is 2.22. The van der Waals surface area contributed by atoms with Gasteiger partial charge in [-0.25, -0.2) is 0 Å². The molecule has 2 heteroatoms. The second-order valence-electron chi connectivity index (χ2n) is 5.93. The van der Waals surface area contributed by atoms with E-state index in [4.69, 9.17) is 5.73 Å². The second-order valence-corrected chi connectivity index (χ2v) is 5.93. The molecule has 1 fully saturated rings. The van der Waals surface area contributed by atoms with Crippen LogP contribution in [0.2, 0.25) is 0 Å². The maximum Gasteiger partial charge on any atom is 0.000661 e. The van der Waals surface area contributed by atoms with Gasteiger partial charge in [0, 0.05) is 6.54 Å². The number of nitrogens with zero attached hydrogens (tertiary/aromatic N) is 1. The number of nitrogens with two attached hydrogens (primary N) is 1. The molecule has 2 nitrogen and oxygen atoms in total. The van der Waals surface area contributed by atoms with Crippen LogP contribution in [0.15, 0.2) is 0 Å². The molecule has 1 aliphatic rings. The largest absolute Gasteiger partial charge is 0.330 e. The van der Waals surface area contributed by atoms with E-state index in [0.717, 1.165) is 24.3 Å². The second kappa shape index (κ2) is 7.29. The monoisotopic (exact) mass is 226 g/mol. The Hall–Kier alpha value is -0.0800. The number of hydrogen-bond acceptors (Lipinski definition) is 2. The van der Waals surface area contributed by atoms with Gasteiger partial charge in [0.15, 0.2) is 0 Å². The van der Waals surface area contributed by atoms with Gasteiger partial charge < -0.3 is 10.6 Å². The highest BCUT2D eigenvalue weighted by Crippen LogP contribution is 2.29. The van der Waals surface area contributed by atoms with Gasteiger partial charge in [-0.1, -0.05) is 13.8 Å². The van der Waals surface area contributed by atoms with Crippen molar-refractivity contribution in [3.8, 4) is 0 Å². The first-order valence-corrected chi connectivity index (χ1v) is 7.02. The van der Waals surface area contributed by atoms with Crippen molar-refractivity contribution in [3.63, 3.8) is 0 Å². The molecule has 16 heavy (non-hydrogen) atoms. The Morgan fingerprint density at radius 3 is 2.44 bits per heavy atom. The molecular weight excluding hydrogens is 196 g/mol. The molecule has 1 rings (SSSR count). The number of hydrogen-bond donors (Lipinski definition) is 1. The quantitative estimate of drug-likeness (QED) is 0.655. The zero-order chi connectivity index (χ0) is 12.0. The van der Waals surface area contributed by atoms with Crippen LogP contribution in [0.3, 0.4) is 0 Å². The minimum atomic E-state index is 0.789. The van der Waals surface area contributed by atoms with Crippen molar-refractivity contribution in [1.82, 2.24) is 4.90 Å². The van der Waals surface area contributed by atoms with Crippen molar-refractivity contribution in [1.29, 1.82) is 0 Å². The average molecular weight is 226 g/mol. The van der Waals surface area contributed by atoms with Crippen LogP contribution >= 0.6 is 0 Å². The first-order valence-electron chi connectivity index (χ1n) is 7.02. The van der Waals surface area contributed by atoms with E-state index in [1.807, 2.05) is 0 Å². The average Bonchev–Trinajstić information content (AvgIpc) is 3.00. The summed E-state index contributed by atoms with van der Waals surface area (Å²) in [5.74, 6) is 2.64. The molecule has 0 bridgehead atoms. The van der Waals surface area contributed by atoms with Crippen LogP contribution < -0.4 is 5.73 Å².